The molecule has 1 fully saturated rings. The summed E-state index contributed by atoms with van der Waals surface area (Å²) in [5.74, 6) is 0. The van der Waals surface area contributed by atoms with Crippen LogP contribution in [0.25, 0.3) is 0 Å². The molecule has 1 saturated carbocycles. The van der Waals surface area contributed by atoms with Crippen molar-refractivity contribution in [3.8, 4) is 0 Å². The molecule has 4 heteroatoms. The molecule has 0 bridgehead atoms. The van der Waals surface area contributed by atoms with Crippen molar-refractivity contribution < 1.29 is 9.84 Å². The van der Waals surface area contributed by atoms with Gasteiger partial charge in [0.05, 0.1) is 12.2 Å². The highest BCUT2D eigenvalue weighted by molar-refractivity contribution is 9.10. The molecule has 0 amide bonds. The second-order valence-electron chi connectivity index (χ2n) is 5.81. The lowest BCUT2D eigenvalue weighted by molar-refractivity contribution is -0.0992. The van der Waals surface area contributed by atoms with Gasteiger partial charge in [-0.3, -0.25) is 0 Å². The lowest BCUT2D eigenvalue weighted by Gasteiger charge is -2.51. The Morgan fingerprint density at radius 1 is 1.53 bits per heavy atom. The average molecular weight is 328 g/mol. The van der Waals surface area contributed by atoms with Gasteiger partial charge in [-0.15, -0.1) is 0 Å². The van der Waals surface area contributed by atoms with E-state index in [1.807, 2.05) is 24.3 Å². The van der Waals surface area contributed by atoms with Crippen LogP contribution < -0.4 is 5.32 Å². The summed E-state index contributed by atoms with van der Waals surface area (Å²) in [5, 5.41) is 13.6. The van der Waals surface area contributed by atoms with Gasteiger partial charge in [-0.2, -0.15) is 0 Å². The van der Waals surface area contributed by atoms with Gasteiger partial charge in [0.1, 0.15) is 0 Å². The number of hydrogen-bond donors (Lipinski definition) is 2. The minimum absolute atomic E-state index is 0.131. The van der Waals surface area contributed by atoms with E-state index in [1.165, 1.54) is 0 Å². The van der Waals surface area contributed by atoms with Gasteiger partial charge in [0.15, 0.2) is 0 Å². The summed E-state index contributed by atoms with van der Waals surface area (Å²) in [6.07, 6.45) is 0.845. The van der Waals surface area contributed by atoms with Crippen molar-refractivity contribution >= 4 is 15.9 Å². The molecule has 1 aliphatic carbocycles. The lowest BCUT2D eigenvalue weighted by atomic mass is 9.64. The van der Waals surface area contributed by atoms with Crippen molar-refractivity contribution in [2.45, 2.75) is 38.5 Å². The maximum Gasteiger partial charge on any atom is 0.0914 e. The fourth-order valence-electron chi connectivity index (χ4n) is 2.72. The van der Waals surface area contributed by atoms with E-state index < -0.39 is 6.10 Å². The van der Waals surface area contributed by atoms with Crippen LogP contribution in [0, 0.1) is 5.41 Å². The van der Waals surface area contributed by atoms with Gasteiger partial charge >= 0.3 is 0 Å². The van der Waals surface area contributed by atoms with E-state index >= 15 is 0 Å². The van der Waals surface area contributed by atoms with E-state index in [1.54, 1.807) is 7.11 Å². The van der Waals surface area contributed by atoms with Gasteiger partial charge in [0.25, 0.3) is 0 Å². The number of benzene rings is 1. The Bertz CT molecular complexity index is 436. The molecule has 19 heavy (non-hydrogen) atoms. The first kappa shape index (κ1) is 15.0. The van der Waals surface area contributed by atoms with Crippen molar-refractivity contribution in [2.75, 3.05) is 13.7 Å². The van der Waals surface area contributed by atoms with Gasteiger partial charge in [-0.05, 0) is 24.1 Å². The van der Waals surface area contributed by atoms with E-state index in [9.17, 15) is 5.11 Å². The molecule has 1 aromatic carbocycles. The molecule has 2 rings (SSSR count). The molecular formula is C15H22BrNO2. The zero-order valence-electron chi connectivity index (χ0n) is 11.7. The fraction of sp³-hybridized carbons (Fsp3) is 0.600. The Balaban J connectivity index is 1.87. The van der Waals surface area contributed by atoms with Gasteiger partial charge < -0.3 is 15.2 Å². The lowest BCUT2D eigenvalue weighted by Crippen LogP contribution is -2.61. The number of aliphatic hydroxyl groups is 1. The number of methoxy groups -OCH3 is 1. The quantitative estimate of drug-likeness (QED) is 0.873. The number of ether oxygens (including phenoxy) is 1. The molecule has 106 valence electrons. The van der Waals surface area contributed by atoms with E-state index in [4.69, 9.17) is 4.74 Å². The molecular weight excluding hydrogens is 306 g/mol. The summed E-state index contributed by atoms with van der Waals surface area (Å²) in [4.78, 5) is 0. The predicted molar refractivity (Wildman–Crippen MR) is 80.1 cm³/mol. The zero-order chi connectivity index (χ0) is 14.0. The topological polar surface area (TPSA) is 41.5 Å². The molecule has 2 N–H and O–H groups in total. The molecule has 0 heterocycles. The van der Waals surface area contributed by atoms with Crippen molar-refractivity contribution in [3.05, 3.63) is 34.3 Å². The first-order chi connectivity index (χ1) is 8.95. The minimum atomic E-state index is -0.477. The van der Waals surface area contributed by atoms with Crippen LogP contribution in [0.3, 0.4) is 0 Å². The van der Waals surface area contributed by atoms with Crippen LogP contribution in [-0.2, 0) is 4.74 Å². The third-order valence-corrected chi connectivity index (χ3v) is 4.75. The molecule has 1 aromatic rings. The second kappa shape index (κ2) is 5.92. The largest absolute Gasteiger partial charge is 0.387 e. The Kier molecular flexibility index (Phi) is 4.66. The monoisotopic (exact) mass is 327 g/mol. The van der Waals surface area contributed by atoms with Crippen molar-refractivity contribution in [2.24, 2.45) is 5.41 Å². The third-order valence-electron chi connectivity index (χ3n) is 4.25. The number of hydrogen-bond acceptors (Lipinski definition) is 3. The van der Waals surface area contributed by atoms with E-state index in [0.717, 1.165) is 16.5 Å². The maximum atomic E-state index is 10.2. The molecule has 0 aliphatic heterocycles. The molecule has 0 spiro atoms. The van der Waals surface area contributed by atoms with E-state index in [0.29, 0.717) is 18.7 Å². The van der Waals surface area contributed by atoms with Gasteiger partial charge in [-0.1, -0.05) is 41.9 Å². The molecule has 3 atom stereocenters. The van der Waals surface area contributed by atoms with Gasteiger partial charge in [0, 0.05) is 29.6 Å². The normalized spacial score (nSPS) is 26.8. The van der Waals surface area contributed by atoms with Crippen molar-refractivity contribution in [1.29, 1.82) is 0 Å². The van der Waals surface area contributed by atoms with E-state index in [2.05, 4.69) is 35.1 Å². The zero-order valence-corrected chi connectivity index (χ0v) is 13.3. The molecule has 3 nitrogen and oxygen atoms in total. The highest BCUT2D eigenvalue weighted by Crippen LogP contribution is 2.42. The Hall–Kier alpha value is -0.420. The summed E-state index contributed by atoms with van der Waals surface area (Å²) >= 11 is 3.42. The van der Waals surface area contributed by atoms with Crippen molar-refractivity contribution in [3.63, 3.8) is 0 Å². The van der Waals surface area contributed by atoms with Crippen LogP contribution >= 0.6 is 15.9 Å². The minimum Gasteiger partial charge on any atom is -0.387 e. The number of aliphatic hydroxyl groups excluding tert-OH is 1. The maximum absolute atomic E-state index is 10.2. The van der Waals surface area contributed by atoms with Gasteiger partial charge in [-0.25, -0.2) is 0 Å². The molecule has 3 unspecified atom stereocenters. The second-order valence-corrected chi connectivity index (χ2v) is 6.73. The van der Waals surface area contributed by atoms with Crippen LogP contribution in [0.4, 0.5) is 0 Å². The van der Waals surface area contributed by atoms with Crippen LogP contribution in [0.2, 0.25) is 0 Å². The summed E-state index contributed by atoms with van der Waals surface area (Å²) in [6, 6.07) is 8.20. The number of halogens is 1. The predicted octanol–water partition coefficient (Wildman–Crippen LogP) is 2.89. The summed E-state index contributed by atoms with van der Waals surface area (Å²) in [5.41, 5.74) is 1.06. The average Bonchev–Trinajstić information content (AvgIpc) is 2.37. The van der Waals surface area contributed by atoms with Crippen LogP contribution in [0.15, 0.2) is 28.7 Å². The van der Waals surface area contributed by atoms with Gasteiger partial charge in [0.2, 0.25) is 0 Å². The summed E-state index contributed by atoms with van der Waals surface area (Å²) in [6.45, 7) is 4.97. The first-order valence-electron chi connectivity index (χ1n) is 6.65. The van der Waals surface area contributed by atoms with Crippen molar-refractivity contribution in [1.82, 2.24) is 5.32 Å². The van der Waals surface area contributed by atoms with Crippen LogP contribution in [0.5, 0.6) is 0 Å². The third kappa shape index (κ3) is 3.19. The number of rotatable bonds is 5. The Morgan fingerprint density at radius 3 is 2.84 bits per heavy atom. The fourth-order valence-corrected chi connectivity index (χ4v) is 3.13. The molecule has 0 aromatic heterocycles. The number of nitrogens with one attached hydrogen (secondary N) is 1. The van der Waals surface area contributed by atoms with Crippen LogP contribution in [-0.4, -0.2) is 30.9 Å². The smallest absolute Gasteiger partial charge is 0.0914 e. The van der Waals surface area contributed by atoms with E-state index in [-0.39, 0.29) is 5.41 Å². The van der Waals surface area contributed by atoms with Crippen LogP contribution in [0.1, 0.15) is 31.9 Å². The first-order valence-corrected chi connectivity index (χ1v) is 7.44. The molecule has 1 aliphatic rings. The standard InChI is InChI=1S/C15H22BrNO2/c1-15(2)13(8-14(15)19-3)17-9-12(18)10-5-4-6-11(16)7-10/h4-7,12-14,17-18H,8-9H2,1-3H3. The Labute approximate surface area is 123 Å². The molecule has 0 radical (unpaired) electrons. The highest BCUT2D eigenvalue weighted by atomic mass is 79.9. The Morgan fingerprint density at radius 2 is 2.26 bits per heavy atom. The molecule has 0 saturated heterocycles. The summed E-state index contributed by atoms with van der Waals surface area (Å²) in [7, 11) is 1.76. The highest BCUT2D eigenvalue weighted by Gasteiger charge is 2.48. The summed E-state index contributed by atoms with van der Waals surface area (Å²) < 4.78 is 6.42. The SMILES string of the molecule is COC1CC(NCC(O)c2cccc(Br)c2)C1(C)C.